The van der Waals surface area contributed by atoms with Crippen molar-refractivity contribution in [2.75, 3.05) is 32.7 Å². The summed E-state index contributed by atoms with van der Waals surface area (Å²) >= 11 is 0. The Kier molecular flexibility index (Phi) is 7.54. The molecule has 160 valence electrons. The van der Waals surface area contributed by atoms with Crippen molar-refractivity contribution >= 4 is 5.91 Å². The molecule has 0 unspecified atom stereocenters. The van der Waals surface area contributed by atoms with Crippen LogP contribution < -0.4 is 5.32 Å². The number of carbonyl (C=O) groups is 1. The van der Waals surface area contributed by atoms with Crippen molar-refractivity contribution in [1.29, 1.82) is 0 Å². The second-order valence-electron chi connectivity index (χ2n) is 8.79. The highest BCUT2D eigenvalue weighted by Crippen LogP contribution is 2.29. The van der Waals surface area contributed by atoms with Crippen molar-refractivity contribution in [2.45, 2.75) is 50.6 Å². The highest BCUT2D eigenvalue weighted by atomic mass is 16.2. The number of benzene rings is 2. The predicted octanol–water partition coefficient (Wildman–Crippen LogP) is 4.23. The van der Waals surface area contributed by atoms with Gasteiger partial charge >= 0.3 is 0 Å². The maximum absolute atomic E-state index is 12.6. The minimum Gasteiger partial charge on any atom is -0.352 e. The lowest BCUT2D eigenvalue weighted by Gasteiger charge is -2.39. The maximum Gasteiger partial charge on any atom is 0.234 e. The second kappa shape index (κ2) is 10.7. The number of rotatable bonds is 6. The summed E-state index contributed by atoms with van der Waals surface area (Å²) in [4.78, 5) is 17.5. The number of piperazine rings is 1. The Labute approximate surface area is 181 Å². The van der Waals surface area contributed by atoms with Gasteiger partial charge in [-0.25, -0.2) is 0 Å². The average molecular weight is 406 g/mol. The lowest BCUT2D eigenvalue weighted by atomic mass is 9.96. The van der Waals surface area contributed by atoms with Crippen molar-refractivity contribution in [2.24, 2.45) is 0 Å². The van der Waals surface area contributed by atoms with Gasteiger partial charge < -0.3 is 5.32 Å². The number of amides is 1. The number of hydrogen-bond donors (Lipinski definition) is 1. The minimum atomic E-state index is 0.206. The zero-order valence-corrected chi connectivity index (χ0v) is 18.0. The standard InChI is InChI=1S/C26H35N3O/c30-25(27-24-15-9-1-2-10-16-24)21-28-17-19-29(20-18-28)26(22-11-5-3-6-12-22)23-13-7-4-8-14-23/h3-8,11-14,24,26H,1-2,9-10,15-21H2,(H,27,30). The molecule has 30 heavy (non-hydrogen) atoms. The van der Waals surface area contributed by atoms with E-state index in [0.29, 0.717) is 12.6 Å². The van der Waals surface area contributed by atoms with E-state index >= 15 is 0 Å². The van der Waals surface area contributed by atoms with Gasteiger partial charge in [0.25, 0.3) is 0 Å². The highest BCUT2D eigenvalue weighted by molar-refractivity contribution is 5.78. The van der Waals surface area contributed by atoms with Crippen LogP contribution in [0, 0.1) is 0 Å². The first-order valence-corrected chi connectivity index (χ1v) is 11.7. The van der Waals surface area contributed by atoms with Crippen LogP contribution in [-0.4, -0.2) is 54.5 Å². The van der Waals surface area contributed by atoms with Gasteiger partial charge in [-0.3, -0.25) is 14.6 Å². The second-order valence-corrected chi connectivity index (χ2v) is 8.79. The summed E-state index contributed by atoms with van der Waals surface area (Å²) in [7, 11) is 0. The first kappa shape index (κ1) is 21.1. The third-order valence-electron chi connectivity index (χ3n) is 6.59. The Morgan fingerprint density at radius 1 is 0.800 bits per heavy atom. The van der Waals surface area contributed by atoms with Crippen LogP contribution in [0.25, 0.3) is 0 Å². The Hall–Kier alpha value is -2.17. The van der Waals surface area contributed by atoms with Crippen LogP contribution in [0.4, 0.5) is 0 Å². The molecule has 1 N–H and O–H groups in total. The summed E-state index contributed by atoms with van der Waals surface area (Å²) in [6.07, 6.45) is 7.44. The summed E-state index contributed by atoms with van der Waals surface area (Å²) in [6.45, 7) is 4.37. The Morgan fingerprint density at radius 3 is 1.87 bits per heavy atom. The lowest BCUT2D eigenvalue weighted by molar-refractivity contribution is -0.123. The molecule has 1 heterocycles. The van der Waals surface area contributed by atoms with Crippen LogP contribution in [-0.2, 0) is 4.79 Å². The van der Waals surface area contributed by atoms with E-state index in [1.54, 1.807) is 0 Å². The molecule has 0 bridgehead atoms. The molecule has 2 fully saturated rings. The monoisotopic (exact) mass is 405 g/mol. The average Bonchev–Trinajstić information content (AvgIpc) is 3.05. The first-order chi connectivity index (χ1) is 14.8. The van der Waals surface area contributed by atoms with E-state index < -0.39 is 0 Å². The molecule has 2 aromatic carbocycles. The first-order valence-electron chi connectivity index (χ1n) is 11.7. The van der Waals surface area contributed by atoms with Crippen molar-refractivity contribution < 1.29 is 4.79 Å². The molecule has 4 heteroatoms. The number of nitrogens with zero attached hydrogens (tertiary/aromatic N) is 2. The van der Waals surface area contributed by atoms with E-state index in [1.807, 2.05) is 0 Å². The molecule has 1 saturated heterocycles. The molecule has 0 spiro atoms. The van der Waals surface area contributed by atoms with Gasteiger partial charge in [0.15, 0.2) is 0 Å². The summed E-state index contributed by atoms with van der Waals surface area (Å²) < 4.78 is 0. The van der Waals surface area contributed by atoms with Gasteiger partial charge in [-0.05, 0) is 24.0 Å². The smallest absolute Gasteiger partial charge is 0.234 e. The van der Waals surface area contributed by atoms with Gasteiger partial charge in [-0.1, -0.05) is 86.3 Å². The van der Waals surface area contributed by atoms with Crippen LogP contribution in [0.5, 0.6) is 0 Å². The molecule has 0 radical (unpaired) electrons. The fourth-order valence-electron chi connectivity index (χ4n) is 4.96. The van der Waals surface area contributed by atoms with Crippen molar-refractivity contribution in [3.8, 4) is 0 Å². The molecule has 1 amide bonds. The predicted molar refractivity (Wildman–Crippen MR) is 122 cm³/mol. The Balaban J connectivity index is 1.33. The van der Waals surface area contributed by atoms with Gasteiger partial charge in [0.05, 0.1) is 12.6 Å². The zero-order valence-electron chi connectivity index (χ0n) is 18.0. The SMILES string of the molecule is O=C(CN1CCN(C(c2ccccc2)c2ccccc2)CC1)NC1CCCCCC1. The summed E-state index contributed by atoms with van der Waals surface area (Å²) in [5.74, 6) is 0.206. The number of nitrogens with one attached hydrogen (secondary N) is 1. The largest absolute Gasteiger partial charge is 0.352 e. The van der Waals surface area contributed by atoms with Gasteiger partial charge in [0.2, 0.25) is 5.91 Å². The van der Waals surface area contributed by atoms with Gasteiger partial charge in [-0.15, -0.1) is 0 Å². The van der Waals surface area contributed by atoms with Crippen LogP contribution in [0.1, 0.15) is 55.7 Å². The quantitative estimate of drug-likeness (QED) is 0.731. The van der Waals surface area contributed by atoms with Crippen molar-refractivity contribution in [1.82, 2.24) is 15.1 Å². The molecule has 1 aliphatic carbocycles. The van der Waals surface area contributed by atoms with Crippen LogP contribution in [0.3, 0.4) is 0 Å². The molecular formula is C26H35N3O. The Morgan fingerprint density at radius 2 is 1.33 bits per heavy atom. The zero-order chi connectivity index (χ0) is 20.6. The molecule has 2 aromatic rings. The van der Waals surface area contributed by atoms with E-state index in [1.165, 1.54) is 36.8 Å². The van der Waals surface area contributed by atoms with Crippen LogP contribution in [0.15, 0.2) is 60.7 Å². The molecule has 4 rings (SSSR count). The molecule has 1 aliphatic heterocycles. The van der Waals surface area contributed by atoms with Crippen molar-refractivity contribution in [3.63, 3.8) is 0 Å². The maximum atomic E-state index is 12.6. The minimum absolute atomic E-state index is 0.206. The summed E-state index contributed by atoms with van der Waals surface area (Å²) in [5.41, 5.74) is 2.67. The van der Waals surface area contributed by atoms with Gasteiger partial charge in [0.1, 0.15) is 0 Å². The van der Waals surface area contributed by atoms with E-state index in [9.17, 15) is 4.79 Å². The Bertz CT molecular complexity index is 724. The molecule has 0 atom stereocenters. The van der Waals surface area contributed by atoms with Crippen LogP contribution >= 0.6 is 0 Å². The molecule has 1 saturated carbocycles. The fourth-order valence-corrected chi connectivity index (χ4v) is 4.96. The molecule has 2 aliphatic rings. The van der Waals surface area contributed by atoms with Crippen molar-refractivity contribution in [3.05, 3.63) is 71.8 Å². The normalized spacial score (nSPS) is 19.5. The summed E-state index contributed by atoms with van der Waals surface area (Å²) in [5, 5.41) is 3.30. The summed E-state index contributed by atoms with van der Waals surface area (Å²) in [6, 6.07) is 22.2. The van der Waals surface area contributed by atoms with E-state index in [2.05, 4.69) is 75.8 Å². The van der Waals surface area contributed by atoms with E-state index in [0.717, 1.165) is 39.0 Å². The highest BCUT2D eigenvalue weighted by Gasteiger charge is 2.27. The van der Waals surface area contributed by atoms with Gasteiger partial charge in [-0.2, -0.15) is 0 Å². The van der Waals surface area contributed by atoms with Gasteiger partial charge in [0, 0.05) is 32.2 Å². The fraction of sp³-hybridized carbons (Fsp3) is 0.500. The lowest BCUT2D eigenvalue weighted by Crippen LogP contribution is -2.51. The van der Waals surface area contributed by atoms with E-state index in [4.69, 9.17) is 0 Å². The number of hydrogen-bond acceptors (Lipinski definition) is 3. The van der Waals surface area contributed by atoms with E-state index in [-0.39, 0.29) is 11.9 Å². The third kappa shape index (κ3) is 5.71. The topological polar surface area (TPSA) is 35.6 Å². The van der Waals surface area contributed by atoms with Crippen LogP contribution in [0.2, 0.25) is 0 Å². The molecular weight excluding hydrogens is 370 g/mol. The molecule has 4 nitrogen and oxygen atoms in total. The number of carbonyl (C=O) groups excluding carboxylic acids is 1. The third-order valence-corrected chi connectivity index (χ3v) is 6.59. The molecule has 0 aromatic heterocycles.